The van der Waals surface area contributed by atoms with Gasteiger partial charge in [-0.1, -0.05) is 30.3 Å². The number of aromatic nitrogens is 1. The molecule has 0 saturated heterocycles. The van der Waals surface area contributed by atoms with Crippen molar-refractivity contribution in [1.82, 2.24) is 9.47 Å². The molecule has 6 nitrogen and oxygen atoms in total. The molecule has 1 aromatic heterocycles. The summed E-state index contributed by atoms with van der Waals surface area (Å²) in [4.78, 5) is 26.1. The maximum atomic E-state index is 12.9. The molecule has 156 valence electrons. The van der Waals surface area contributed by atoms with E-state index in [1.807, 2.05) is 60.5 Å². The fraction of sp³-hybridized carbons (Fsp3) is 0.333. The number of rotatable bonds is 6. The molecule has 30 heavy (non-hydrogen) atoms. The molecule has 3 aromatic rings. The van der Waals surface area contributed by atoms with Gasteiger partial charge in [0.15, 0.2) is 0 Å². The molecule has 1 unspecified atom stereocenters. The first-order chi connectivity index (χ1) is 14.5. The van der Waals surface area contributed by atoms with E-state index in [2.05, 4.69) is 4.57 Å². The standard InChI is InChI=1S/C24H26N2O4/c1-25(23(27)13-16-7-10-18(30-2)11-8-16)17-9-12-22-20(14-24(28)29)19-5-3-4-6-21(19)26(22)15-17/h3-8,10-11,17H,9,12-15H2,1-2H3,(H,28,29). The third kappa shape index (κ3) is 3.77. The first-order valence-corrected chi connectivity index (χ1v) is 10.2. The van der Waals surface area contributed by atoms with Gasteiger partial charge in [0.2, 0.25) is 5.91 Å². The summed E-state index contributed by atoms with van der Waals surface area (Å²) in [5, 5.41) is 10.4. The number of benzene rings is 2. The summed E-state index contributed by atoms with van der Waals surface area (Å²) in [5.41, 5.74) is 4.00. The summed E-state index contributed by atoms with van der Waals surface area (Å²) in [6, 6.07) is 15.6. The van der Waals surface area contributed by atoms with Gasteiger partial charge in [-0.25, -0.2) is 0 Å². The molecule has 1 N–H and O–H groups in total. The summed E-state index contributed by atoms with van der Waals surface area (Å²) in [6.45, 7) is 0.681. The average molecular weight is 406 g/mol. The van der Waals surface area contributed by atoms with Gasteiger partial charge in [-0.05, 0) is 42.2 Å². The predicted molar refractivity (Wildman–Crippen MR) is 115 cm³/mol. The number of carbonyl (C=O) groups is 2. The molecule has 0 saturated carbocycles. The van der Waals surface area contributed by atoms with Crippen molar-refractivity contribution >= 4 is 22.8 Å². The molecule has 0 fully saturated rings. The minimum atomic E-state index is -0.817. The van der Waals surface area contributed by atoms with Crippen LogP contribution in [-0.4, -0.2) is 46.6 Å². The fourth-order valence-corrected chi connectivity index (χ4v) is 4.44. The van der Waals surface area contributed by atoms with Gasteiger partial charge in [-0.2, -0.15) is 0 Å². The summed E-state index contributed by atoms with van der Waals surface area (Å²) >= 11 is 0. The van der Waals surface area contributed by atoms with Gasteiger partial charge in [0.1, 0.15) is 5.75 Å². The molecule has 4 rings (SSSR count). The van der Waals surface area contributed by atoms with E-state index >= 15 is 0 Å². The highest BCUT2D eigenvalue weighted by Crippen LogP contribution is 2.32. The van der Waals surface area contributed by atoms with Crippen molar-refractivity contribution in [2.45, 2.75) is 38.3 Å². The Morgan fingerprint density at radius 3 is 2.57 bits per heavy atom. The van der Waals surface area contributed by atoms with E-state index in [9.17, 15) is 14.7 Å². The molecular weight excluding hydrogens is 380 g/mol. The number of para-hydroxylation sites is 1. The van der Waals surface area contributed by atoms with Crippen LogP contribution in [0.1, 0.15) is 23.2 Å². The summed E-state index contributed by atoms with van der Waals surface area (Å²) in [5.74, 6) is 0.0370. The molecule has 0 aliphatic carbocycles. The zero-order chi connectivity index (χ0) is 21.3. The van der Waals surface area contributed by atoms with Gasteiger partial charge in [0.05, 0.1) is 20.0 Å². The number of likely N-dealkylation sites (N-methyl/N-ethyl adjacent to an activating group) is 1. The van der Waals surface area contributed by atoms with E-state index in [-0.39, 0.29) is 18.4 Å². The minimum absolute atomic E-state index is 0.0275. The highest BCUT2D eigenvalue weighted by atomic mass is 16.5. The van der Waals surface area contributed by atoms with Crippen molar-refractivity contribution < 1.29 is 19.4 Å². The van der Waals surface area contributed by atoms with Gasteiger partial charge in [0, 0.05) is 36.2 Å². The normalized spacial score (nSPS) is 15.6. The lowest BCUT2D eigenvalue weighted by Gasteiger charge is -2.33. The van der Waals surface area contributed by atoms with Crippen molar-refractivity contribution in [3.63, 3.8) is 0 Å². The van der Waals surface area contributed by atoms with Gasteiger partial charge in [-0.3, -0.25) is 9.59 Å². The maximum absolute atomic E-state index is 12.9. The van der Waals surface area contributed by atoms with Crippen LogP contribution in [0.25, 0.3) is 10.9 Å². The molecule has 6 heteroatoms. The molecule has 2 aromatic carbocycles. The van der Waals surface area contributed by atoms with Crippen LogP contribution in [0.3, 0.4) is 0 Å². The van der Waals surface area contributed by atoms with Crippen LogP contribution in [0.15, 0.2) is 48.5 Å². The number of carboxylic acids is 1. The third-order valence-electron chi connectivity index (χ3n) is 6.09. The van der Waals surface area contributed by atoms with Crippen LogP contribution < -0.4 is 4.74 Å². The average Bonchev–Trinajstić information content (AvgIpc) is 3.06. The number of hydrogen-bond donors (Lipinski definition) is 1. The Bertz CT molecular complexity index is 1080. The fourth-order valence-electron chi connectivity index (χ4n) is 4.44. The van der Waals surface area contributed by atoms with E-state index < -0.39 is 5.97 Å². The predicted octanol–water partition coefficient (Wildman–Crippen LogP) is 3.29. The highest BCUT2D eigenvalue weighted by Gasteiger charge is 2.29. The third-order valence-corrected chi connectivity index (χ3v) is 6.09. The number of methoxy groups -OCH3 is 1. The Labute approximate surface area is 175 Å². The van der Waals surface area contributed by atoms with Crippen molar-refractivity contribution in [1.29, 1.82) is 0 Å². The van der Waals surface area contributed by atoms with Crippen LogP contribution >= 0.6 is 0 Å². The van der Waals surface area contributed by atoms with Gasteiger partial charge < -0.3 is 19.3 Å². The zero-order valence-corrected chi connectivity index (χ0v) is 17.3. The lowest BCUT2D eigenvalue weighted by Crippen LogP contribution is -2.43. The second kappa shape index (κ2) is 8.22. The number of carbonyl (C=O) groups excluding carboxylic acids is 1. The second-order valence-corrected chi connectivity index (χ2v) is 7.85. The van der Waals surface area contributed by atoms with Crippen molar-refractivity contribution in [3.05, 3.63) is 65.4 Å². The summed E-state index contributed by atoms with van der Waals surface area (Å²) in [6.07, 6.45) is 1.97. The molecule has 2 heterocycles. The Balaban J connectivity index is 1.54. The topological polar surface area (TPSA) is 71.8 Å². The number of amides is 1. The van der Waals surface area contributed by atoms with E-state index in [1.54, 1.807) is 7.11 Å². The van der Waals surface area contributed by atoms with E-state index in [4.69, 9.17) is 4.74 Å². The largest absolute Gasteiger partial charge is 0.497 e. The quantitative estimate of drug-likeness (QED) is 0.682. The maximum Gasteiger partial charge on any atom is 0.307 e. The molecule has 1 amide bonds. The van der Waals surface area contributed by atoms with Gasteiger partial charge >= 0.3 is 5.97 Å². The lowest BCUT2D eigenvalue weighted by atomic mass is 9.99. The molecule has 1 aliphatic heterocycles. The van der Waals surface area contributed by atoms with E-state index in [1.165, 1.54) is 0 Å². The summed E-state index contributed by atoms with van der Waals surface area (Å²) in [7, 11) is 3.49. The zero-order valence-electron chi connectivity index (χ0n) is 17.3. The number of carboxylic acid groups (broad SMARTS) is 1. The highest BCUT2D eigenvalue weighted by molar-refractivity contribution is 5.89. The van der Waals surface area contributed by atoms with E-state index in [0.717, 1.165) is 46.3 Å². The number of aliphatic carboxylic acids is 1. The molecule has 1 atom stereocenters. The van der Waals surface area contributed by atoms with Crippen LogP contribution in [-0.2, 0) is 35.4 Å². The number of fused-ring (bicyclic) bond motifs is 3. The monoisotopic (exact) mass is 406 g/mol. The van der Waals surface area contributed by atoms with Crippen molar-refractivity contribution in [2.24, 2.45) is 0 Å². The number of ether oxygens (including phenoxy) is 1. The van der Waals surface area contributed by atoms with Gasteiger partial charge in [0.25, 0.3) is 0 Å². The van der Waals surface area contributed by atoms with Crippen molar-refractivity contribution in [3.8, 4) is 5.75 Å². The first-order valence-electron chi connectivity index (χ1n) is 10.2. The van der Waals surface area contributed by atoms with Gasteiger partial charge in [-0.15, -0.1) is 0 Å². The van der Waals surface area contributed by atoms with Crippen molar-refractivity contribution in [2.75, 3.05) is 14.2 Å². The van der Waals surface area contributed by atoms with Crippen LogP contribution in [0.2, 0.25) is 0 Å². The Morgan fingerprint density at radius 1 is 1.13 bits per heavy atom. The lowest BCUT2D eigenvalue weighted by molar-refractivity contribution is -0.136. The smallest absolute Gasteiger partial charge is 0.307 e. The Kier molecular flexibility index (Phi) is 5.48. The first kappa shape index (κ1) is 20.0. The molecule has 0 spiro atoms. The Hall–Kier alpha value is -3.28. The summed E-state index contributed by atoms with van der Waals surface area (Å²) < 4.78 is 7.38. The minimum Gasteiger partial charge on any atom is -0.497 e. The number of nitrogens with zero attached hydrogens (tertiary/aromatic N) is 2. The van der Waals surface area contributed by atoms with E-state index in [0.29, 0.717) is 13.0 Å². The molecular formula is C24H26N2O4. The SMILES string of the molecule is COc1ccc(CC(=O)N(C)C2CCc3c(CC(=O)O)c4ccccc4n3C2)cc1. The number of hydrogen-bond acceptors (Lipinski definition) is 3. The van der Waals surface area contributed by atoms with Crippen LogP contribution in [0.4, 0.5) is 0 Å². The molecule has 0 radical (unpaired) electrons. The Morgan fingerprint density at radius 2 is 1.87 bits per heavy atom. The van der Waals surface area contributed by atoms with Crippen LogP contribution in [0, 0.1) is 0 Å². The van der Waals surface area contributed by atoms with Crippen LogP contribution in [0.5, 0.6) is 5.75 Å². The molecule has 0 bridgehead atoms. The molecule has 1 aliphatic rings. The second-order valence-electron chi connectivity index (χ2n) is 7.85.